The predicted molar refractivity (Wildman–Crippen MR) is 142 cm³/mol. The van der Waals surface area contributed by atoms with Gasteiger partial charge in [-0.05, 0) is 90.7 Å². The van der Waals surface area contributed by atoms with Crippen LogP contribution in [-0.2, 0) is 6.42 Å². The summed E-state index contributed by atoms with van der Waals surface area (Å²) in [6.07, 6.45) is 10.8. The lowest BCUT2D eigenvalue weighted by molar-refractivity contribution is 0.177. The quantitative estimate of drug-likeness (QED) is 0.528. The number of anilines is 1. The zero-order valence-corrected chi connectivity index (χ0v) is 22.1. The lowest BCUT2D eigenvalue weighted by Gasteiger charge is -2.35. The molecular formula is C28H45N5O. The van der Waals surface area contributed by atoms with E-state index in [1.54, 1.807) is 7.11 Å². The van der Waals surface area contributed by atoms with E-state index in [9.17, 15) is 0 Å². The van der Waals surface area contributed by atoms with Crippen LogP contribution in [0, 0.1) is 0 Å². The van der Waals surface area contributed by atoms with Crippen molar-refractivity contribution in [3.63, 3.8) is 0 Å². The van der Waals surface area contributed by atoms with E-state index in [2.05, 4.69) is 55.2 Å². The SMILES string of the molecule is COc1cc2c(NC3CCN(C(C)C)CC3)nc(C3CCCCC3)nc2cc1CCCN(C)C. The average Bonchev–Trinajstić information content (AvgIpc) is 2.84. The van der Waals surface area contributed by atoms with Gasteiger partial charge in [0.05, 0.1) is 12.6 Å². The summed E-state index contributed by atoms with van der Waals surface area (Å²) in [5, 5.41) is 4.95. The number of aryl methyl sites for hydroxylation is 1. The van der Waals surface area contributed by atoms with Gasteiger partial charge in [0, 0.05) is 36.5 Å². The molecule has 6 nitrogen and oxygen atoms in total. The van der Waals surface area contributed by atoms with Crippen molar-refractivity contribution < 1.29 is 4.74 Å². The van der Waals surface area contributed by atoms with Crippen LogP contribution in [0.4, 0.5) is 5.82 Å². The van der Waals surface area contributed by atoms with Crippen LogP contribution in [0.5, 0.6) is 5.75 Å². The zero-order chi connectivity index (χ0) is 24.1. The Morgan fingerprint density at radius 1 is 1.06 bits per heavy atom. The highest BCUT2D eigenvalue weighted by atomic mass is 16.5. The molecular weight excluding hydrogens is 422 g/mol. The Bertz CT molecular complexity index is 930. The standard InChI is InChI=1S/C28H45N5O/c1-20(2)33-16-13-23(14-17-33)29-28-24-19-26(34-5)22(12-9-15-32(3)4)18-25(24)30-27(31-28)21-10-7-6-8-11-21/h18-21,23H,6-17H2,1-5H3,(H,29,30,31). The highest BCUT2D eigenvalue weighted by Gasteiger charge is 2.24. The molecule has 0 unspecified atom stereocenters. The summed E-state index contributed by atoms with van der Waals surface area (Å²) in [5.74, 6) is 3.49. The van der Waals surface area contributed by atoms with Gasteiger partial charge in [-0.1, -0.05) is 19.3 Å². The summed E-state index contributed by atoms with van der Waals surface area (Å²) in [4.78, 5) is 15.1. The van der Waals surface area contributed by atoms with Crippen molar-refractivity contribution >= 4 is 16.7 Å². The molecule has 1 aromatic heterocycles. The minimum absolute atomic E-state index is 0.457. The first-order valence-electron chi connectivity index (χ1n) is 13.5. The maximum atomic E-state index is 5.84. The Labute approximate surface area is 206 Å². The van der Waals surface area contributed by atoms with Crippen LogP contribution in [0.2, 0.25) is 0 Å². The van der Waals surface area contributed by atoms with Crippen molar-refractivity contribution in [3.05, 3.63) is 23.5 Å². The average molecular weight is 468 g/mol. The Hall–Kier alpha value is -1.92. The molecule has 0 atom stereocenters. The van der Waals surface area contributed by atoms with Gasteiger partial charge in [0.2, 0.25) is 0 Å². The Morgan fingerprint density at radius 2 is 1.79 bits per heavy atom. The monoisotopic (exact) mass is 467 g/mol. The van der Waals surface area contributed by atoms with Gasteiger partial charge in [0.15, 0.2) is 0 Å². The molecule has 0 radical (unpaired) electrons. The van der Waals surface area contributed by atoms with Crippen molar-refractivity contribution in [2.75, 3.05) is 46.2 Å². The Morgan fingerprint density at radius 3 is 2.44 bits per heavy atom. The van der Waals surface area contributed by atoms with E-state index in [4.69, 9.17) is 14.7 Å². The van der Waals surface area contributed by atoms with Crippen molar-refractivity contribution in [3.8, 4) is 5.75 Å². The molecule has 2 aliphatic rings. The summed E-state index contributed by atoms with van der Waals surface area (Å²) in [5.41, 5.74) is 2.32. The van der Waals surface area contributed by atoms with E-state index in [0.29, 0.717) is 18.0 Å². The number of hydrogen-bond donors (Lipinski definition) is 1. The third-order valence-corrected chi connectivity index (χ3v) is 7.74. The van der Waals surface area contributed by atoms with Gasteiger partial charge in [-0.15, -0.1) is 0 Å². The van der Waals surface area contributed by atoms with Crippen LogP contribution < -0.4 is 10.1 Å². The molecule has 1 saturated heterocycles. The van der Waals surface area contributed by atoms with E-state index in [0.717, 1.165) is 73.6 Å². The number of ether oxygens (including phenoxy) is 1. The fourth-order valence-corrected chi connectivity index (χ4v) is 5.60. The summed E-state index contributed by atoms with van der Waals surface area (Å²) >= 11 is 0. The number of piperidine rings is 1. The van der Waals surface area contributed by atoms with Gasteiger partial charge in [0.25, 0.3) is 0 Å². The van der Waals surface area contributed by atoms with Gasteiger partial charge in [-0.2, -0.15) is 0 Å². The highest BCUT2D eigenvalue weighted by molar-refractivity contribution is 5.91. The molecule has 1 aromatic carbocycles. The van der Waals surface area contributed by atoms with Gasteiger partial charge >= 0.3 is 0 Å². The number of nitrogens with one attached hydrogen (secondary N) is 1. The number of benzene rings is 1. The second kappa shape index (κ2) is 11.7. The normalized spacial score (nSPS) is 18.8. The van der Waals surface area contributed by atoms with Crippen LogP contribution in [0.15, 0.2) is 12.1 Å². The van der Waals surface area contributed by atoms with Crippen LogP contribution >= 0.6 is 0 Å². The molecule has 1 aliphatic carbocycles. The smallest absolute Gasteiger partial charge is 0.138 e. The van der Waals surface area contributed by atoms with Crippen molar-refractivity contribution in [1.82, 2.24) is 19.8 Å². The molecule has 2 heterocycles. The molecule has 2 aromatic rings. The highest BCUT2D eigenvalue weighted by Crippen LogP contribution is 2.36. The molecule has 1 saturated carbocycles. The molecule has 2 fully saturated rings. The van der Waals surface area contributed by atoms with E-state index in [1.807, 2.05) is 0 Å². The van der Waals surface area contributed by atoms with E-state index < -0.39 is 0 Å². The van der Waals surface area contributed by atoms with Gasteiger partial charge in [-0.3, -0.25) is 0 Å². The summed E-state index contributed by atoms with van der Waals surface area (Å²) < 4.78 is 5.84. The fraction of sp³-hybridized carbons (Fsp3) is 0.714. The van der Waals surface area contributed by atoms with Gasteiger partial charge in [0.1, 0.15) is 17.4 Å². The number of nitrogens with zero attached hydrogens (tertiary/aromatic N) is 4. The maximum absolute atomic E-state index is 5.84. The van der Waals surface area contributed by atoms with Gasteiger partial charge < -0.3 is 19.9 Å². The molecule has 0 bridgehead atoms. The number of hydrogen-bond acceptors (Lipinski definition) is 6. The molecule has 188 valence electrons. The van der Waals surface area contributed by atoms with Crippen LogP contribution in [0.1, 0.15) is 82.5 Å². The summed E-state index contributed by atoms with van der Waals surface area (Å²) in [7, 11) is 6.04. The Kier molecular flexibility index (Phi) is 8.65. The van der Waals surface area contributed by atoms with Crippen molar-refractivity contribution in [2.24, 2.45) is 0 Å². The molecule has 6 heteroatoms. The topological polar surface area (TPSA) is 53.5 Å². The van der Waals surface area contributed by atoms with Crippen LogP contribution in [0.3, 0.4) is 0 Å². The number of methoxy groups -OCH3 is 1. The molecule has 0 spiro atoms. The molecule has 4 rings (SSSR count). The first-order chi connectivity index (χ1) is 16.4. The molecule has 1 N–H and O–H groups in total. The number of aromatic nitrogens is 2. The van der Waals surface area contributed by atoms with E-state index in [-0.39, 0.29) is 0 Å². The first-order valence-corrected chi connectivity index (χ1v) is 13.5. The second-order valence-electron chi connectivity index (χ2n) is 10.9. The fourth-order valence-electron chi connectivity index (χ4n) is 5.60. The minimum Gasteiger partial charge on any atom is -0.496 e. The van der Waals surface area contributed by atoms with E-state index in [1.165, 1.54) is 37.7 Å². The predicted octanol–water partition coefficient (Wildman–Crippen LogP) is 5.47. The second-order valence-corrected chi connectivity index (χ2v) is 10.9. The largest absolute Gasteiger partial charge is 0.496 e. The third kappa shape index (κ3) is 6.19. The van der Waals surface area contributed by atoms with Gasteiger partial charge in [-0.25, -0.2) is 9.97 Å². The van der Waals surface area contributed by atoms with E-state index >= 15 is 0 Å². The van der Waals surface area contributed by atoms with Crippen molar-refractivity contribution in [2.45, 2.75) is 89.6 Å². The molecule has 34 heavy (non-hydrogen) atoms. The summed E-state index contributed by atoms with van der Waals surface area (Å²) in [6, 6.07) is 5.52. The number of rotatable bonds is 9. The summed E-state index contributed by atoms with van der Waals surface area (Å²) in [6.45, 7) is 7.95. The lowest BCUT2D eigenvalue weighted by atomic mass is 9.88. The molecule has 1 aliphatic heterocycles. The molecule has 0 amide bonds. The minimum atomic E-state index is 0.457. The Balaban J connectivity index is 1.65. The number of likely N-dealkylation sites (tertiary alicyclic amines) is 1. The maximum Gasteiger partial charge on any atom is 0.138 e. The number of fused-ring (bicyclic) bond motifs is 1. The third-order valence-electron chi connectivity index (χ3n) is 7.74. The van der Waals surface area contributed by atoms with Crippen LogP contribution in [0.25, 0.3) is 10.9 Å². The first kappa shape index (κ1) is 25.2. The lowest BCUT2D eigenvalue weighted by Crippen LogP contribution is -2.42. The van der Waals surface area contributed by atoms with Crippen molar-refractivity contribution in [1.29, 1.82) is 0 Å². The zero-order valence-electron chi connectivity index (χ0n) is 22.1. The van der Waals surface area contributed by atoms with Crippen LogP contribution in [-0.4, -0.2) is 72.7 Å².